The van der Waals surface area contributed by atoms with Crippen LogP contribution in [0.4, 0.5) is 13.2 Å². The number of aryl methyl sites for hydroxylation is 1. The highest BCUT2D eigenvalue weighted by atomic mass is 32.2. The van der Waals surface area contributed by atoms with Crippen LogP contribution in [-0.4, -0.2) is 24.1 Å². The van der Waals surface area contributed by atoms with Gasteiger partial charge in [-0.3, -0.25) is 0 Å². The van der Waals surface area contributed by atoms with Gasteiger partial charge in [0, 0.05) is 12.7 Å². The highest BCUT2D eigenvalue weighted by Gasteiger charge is 2.50. The van der Waals surface area contributed by atoms with Crippen LogP contribution in [0.15, 0.2) is 12.5 Å². The minimum absolute atomic E-state index is 0.247. The van der Waals surface area contributed by atoms with Crippen LogP contribution in [0.2, 0.25) is 0 Å². The van der Waals surface area contributed by atoms with E-state index < -0.39 is 27.1 Å². The first-order valence-electron chi connectivity index (χ1n) is 4.76. The fourth-order valence-electron chi connectivity index (χ4n) is 1.50. The second-order valence-electron chi connectivity index (χ2n) is 3.52. The number of halogens is 3. The van der Waals surface area contributed by atoms with Crippen LogP contribution in [-0.2, 0) is 16.6 Å². The molecular formula is C8H12F3N3O2S. The monoisotopic (exact) mass is 271 g/mol. The molecule has 0 saturated carbocycles. The van der Waals surface area contributed by atoms with E-state index >= 15 is 0 Å². The summed E-state index contributed by atoms with van der Waals surface area (Å²) in [6.45, 7) is 2.00. The molecule has 0 aliphatic carbocycles. The zero-order chi connectivity index (χ0) is 13.3. The van der Waals surface area contributed by atoms with Crippen LogP contribution in [0, 0.1) is 0 Å². The molecule has 17 heavy (non-hydrogen) atoms. The number of imidazole rings is 1. The molecule has 0 fully saturated rings. The van der Waals surface area contributed by atoms with Crippen LogP contribution in [0.3, 0.4) is 0 Å². The standard InChI is InChI=1S/C8H12F3N3O2S/c1-2-3-14-5-13-4-6(14)7(8(9,10)11)17(12,15)16/h4-5,7H,2-3H2,1H3,(H2,12,15,16). The Morgan fingerprint density at radius 1 is 1.53 bits per heavy atom. The molecular weight excluding hydrogens is 259 g/mol. The summed E-state index contributed by atoms with van der Waals surface area (Å²) in [6.07, 6.45) is -2.38. The zero-order valence-electron chi connectivity index (χ0n) is 8.98. The van der Waals surface area contributed by atoms with E-state index in [0.29, 0.717) is 6.42 Å². The van der Waals surface area contributed by atoms with Crippen LogP contribution >= 0.6 is 0 Å². The SMILES string of the molecule is CCCn1cncc1C(C(F)(F)F)S(N)(=O)=O. The summed E-state index contributed by atoms with van der Waals surface area (Å²) >= 11 is 0. The molecule has 1 atom stereocenters. The Morgan fingerprint density at radius 2 is 2.12 bits per heavy atom. The van der Waals surface area contributed by atoms with Crippen LogP contribution in [0.5, 0.6) is 0 Å². The van der Waals surface area contributed by atoms with Crippen molar-refractivity contribution in [3.8, 4) is 0 Å². The minimum atomic E-state index is -4.96. The van der Waals surface area contributed by atoms with Crippen molar-refractivity contribution in [1.29, 1.82) is 0 Å². The molecule has 98 valence electrons. The number of rotatable bonds is 4. The molecule has 0 radical (unpaired) electrons. The molecule has 0 aliphatic rings. The second-order valence-corrected chi connectivity index (χ2v) is 5.17. The van der Waals surface area contributed by atoms with Crippen molar-refractivity contribution in [2.24, 2.45) is 5.14 Å². The quantitative estimate of drug-likeness (QED) is 0.893. The molecule has 0 bridgehead atoms. The van der Waals surface area contributed by atoms with E-state index in [2.05, 4.69) is 10.1 Å². The van der Waals surface area contributed by atoms with Gasteiger partial charge in [0.2, 0.25) is 15.3 Å². The Balaban J connectivity index is 3.29. The van der Waals surface area contributed by atoms with Crippen molar-refractivity contribution in [1.82, 2.24) is 9.55 Å². The van der Waals surface area contributed by atoms with Gasteiger partial charge in [-0.1, -0.05) is 6.92 Å². The fourth-order valence-corrected chi connectivity index (χ4v) is 2.40. The van der Waals surface area contributed by atoms with Crippen molar-refractivity contribution >= 4 is 10.0 Å². The summed E-state index contributed by atoms with van der Waals surface area (Å²) < 4.78 is 61.3. The third-order valence-corrected chi connectivity index (χ3v) is 3.27. The van der Waals surface area contributed by atoms with Crippen molar-refractivity contribution in [3.05, 3.63) is 18.2 Å². The van der Waals surface area contributed by atoms with E-state index in [9.17, 15) is 21.6 Å². The Labute approximate surface area is 96.5 Å². The first kappa shape index (κ1) is 14.0. The van der Waals surface area contributed by atoms with Crippen molar-refractivity contribution in [2.45, 2.75) is 31.3 Å². The summed E-state index contributed by atoms with van der Waals surface area (Å²) in [7, 11) is -4.77. The van der Waals surface area contributed by atoms with Crippen molar-refractivity contribution in [2.75, 3.05) is 0 Å². The maximum atomic E-state index is 12.7. The van der Waals surface area contributed by atoms with E-state index in [1.165, 1.54) is 0 Å². The molecule has 0 saturated heterocycles. The first-order valence-corrected chi connectivity index (χ1v) is 6.37. The van der Waals surface area contributed by atoms with Gasteiger partial charge in [-0.2, -0.15) is 13.2 Å². The van der Waals surface area contributed by atoms with Gasteiger partial charge in [-0.25, -0.2) is 18.5 Å². The molecule has 1 aromatic heterocycles. The van der Waals surface area contributed by atoms with E-state index in [1.807, 2.05) is 0 Å². The summed E-state index contributed by atoms with van der Waals surface area (Å²) in [5.41, 5.74) is -0.457. The first-order chi connectivity index (χ1) is 7.68. The zero-order valence-corrected chi connectivity index (χ0v) is 9.79. The molecule has 0 aromatic carbocycles. The number of nitrogens with zero attached hydrogens (tertiary/aromatic N) is 2. The van der Waals surface area contributed by atoms with Gasteiger partial charge in [0.05, 0.1) is 12.0 Å². The predicted molar refractivity (Wildman–Crippen MR) is 54.4 cm³/mol. The smallest absolute Gasteiger partial charge is 0.333 e. The Morgan fingerprint density at radius 3 is 2.53 bits per heavy atom. The minimum Gasteiger partial charge on any atom is -0.333 e. The number of hydrogen-bond acceptors (Lipinski definition) is 3. The maximum Gasteiger partial charge on any atom is 0.412 e. The topological polar surface area (TPSA) is 78.0 Å². The number of primary sulfonamides is 1. The van der Waals surface area contributed by atoms with E-state index in [1.54, 1.807) is 6.92 Å². The predicted octanol–water partition coefficient (Wildman–Crippen LogP) is 1.19. The number of alkyl halides is 3. The summed E-state index contributed by atoms with van der Waals surface area (Å²) in [5, 5.41) is 1.90. The lowest BCUT2D eigenvalue weighted by Gasteiger charge is -2.19. The third kappa shape index (κ3) is 3.19. The van der Waals surface area contributed by atoms with Gasteiger partial charge in [0.1, 0.15) is 0 Å². The Kier molecular flexibility index (Phi) is 3.82. The molecule has 1 aromatic rings. The second kappa shape index (κ2) is 4.65. The van der Waals surface area contributed by atoms with Crippen LogP contribution in [0.25, 0.3) is 0 Å². The number of nitrogens with two attached hydrogens (primary N) is 1. The Hall–Kier alpha value is -1.09. The molecule has 5 nitrogen and oxygen atoms in total. The summed E-state index contributed by atoms with van der Waals surface area (Å²) in [4.78, 5) is 3.53. The average molecular weight is 271 g/mol. The van der Waals surface area contributed by atoms with E-state index in [4.69, 9.17) is 0 Å². The van der Waals surface area contributed by atoms with Gasteiger partial charge in [0.15, 0.2) is 0 Å². The highest BCUT2D eigenvalue weighted by Crippen LogP contribution is 2.37. The lowest BCUT2D eigenvalue weighted by Crippen LogP contribution is -2.34. The lowest BCUT2D eigenvalue weighted by molar-refractivity contribution is -0.132. The maximum absolute atomic E-state index is 12.7. The van der Waals surface area contributed by atoms with Gasteiger partial charge >= 0.3 is 6.18 Å². The van der Waals surface area contributed by atoms with Gasteiger partial charge in [0.25, 0.3) is 0 Å². The number of aromatic nitrogens is 2. The largest absolute Gasteiger partial charge is 0.412 e. The molecule has 2 N–H and O–H groups in total. The van der Waals surface area contributed by atoms with Crippen LogP contribution in [0.1, 0.15) is 24.3 Å². The number of sulfonamides is 1. The summed E-state index contributed by atoms with van der Waals surface area (Å²) in [5.74, 6) is 0. The molecule has 0 spiro atoms. The fraction of sp³-hybridized carbons (Fsp3) is 0.625. The van der Waals surface area contributed by atoms with Crippen LogP contribution < -0.4 is 5.14 Å². The van der Waals surface area contributed by atoms with E-state index in [0.717, 1.165) is 17.1 Å². The van der Waals surface area contributed by atoms with E-state index in [-0.39, 0.29) is 6.54 Å². The summed E-state index contributed by atoms with van der Waals surface area (Å²) in [6, 6.07) is 0. The average Bonchev–Trinajstić information content (AvgIpc) is 2.48. The Bertz CT molecular complexity index is 480. The molecule has 1 rings (SSSR count). The van der Waals surface area contributed by atoms with Crippen molar-refractivity contribution in [3.63, 3.8) is 0 Å². The van der Waals surface area contributed by atoms with Crippen molar-refractivity contribution < 1.29 is 21.6 Å². The molecule has 9 heteroatoms. The normalized spacial score (nSPS) is 14.9. The molecule has 1 unspecified atom stereocenters. The van der Waals surface area contributed by atoms with Gasteiger partial charge < -0.3 is 4.57 Å². The van der Waals surface area contributed by atoms with Gasteiger partial charge in [-0.05, 0) is 6.42 Å². The molecule has 0 aliphatic heterocycles. The third-order valence-electron chi connectivity index (χ3n) is 2.10. The highest BCUT2D eigenvalue weighted by molar-refractivity contribution is 7.89. The number of hydrogen-bond donors (Lipinski definition) is 1. The lowest BCUT2D eigenvalue weighted by atomic mass is 10.3. The molecule has 0 amide bonds. The van der Waals surface area contributed by atoms with Gasteiger partial charge in [-0.15, -0.1) is 0 Å². The molecule has 1 heterocycles.